The predicted molar refractivity (Wildman–Crippen MR) is 145 cm³/mol. The lowest BCUT2D eigenvalue weighted by Crippen LogP contribution is -2.61. The fourth-order valence-corrected chi connectivity index (χ4v) is 6.17. The standard InChI is InChI=1S/C32H36N2O3/c35-30(26-13-15-27(16-14-26)34-22-32(23-34)18-4-20-36-32)17-12-24-5-1-6-25(11-10-24)21-28-7-2-8-29-31(37-28)9-3-19-33-29/h2-3,6,9,13-16,19,24H,1,4-5,8,10-12,17-18,20-23H2. The number of allylic oxidation sites excluding steroid dienone is 2. The Kier molecular flexibility index (Phi) is 6.99. The summed E-state index contributed by atoms with van der Waals surface area (Å²) in [4.78, 5) is 19.7. The topological polar surface area (TPSA) is 51.7 Å². The van der Waals surface area contributed by atoms with E-state index in [1.54, 1.807) is 0 Å². The summed E-state index contributed by atoms with van der Waals surface area (Å²) in [6, 6.07) is 12.1. The van der Waals surface area contributed by atoms with Crippen molar-refractivity contribution in [1.29, 1.82) is 0 Å². The Morgan fingerprint density at radius 3 is 2.89 bits per heavy atom. The molecule has 0 bridgehead atoms. The number of hydrogen-bond donors (Lipinski definition) is 0. The maximum atomic E-state index is 12.9. The van der Waals surface area contributed by atoms with E-state index in [2.05, 4.69) is 33.8 Å². The number of carbonyl (C=O) groups excluding carboxylic acids is 1. The number of hydrogen-bond acceptors (Lipinski definition) is 5. The van der Waals surface area contributed by atoms with Crippen LogP contribution in [0.25, 0.3) is 0 Å². The number of Topliss-reactive ketones (excluding diaryl/α,β-unsaturated/α-hetero) is 1. The van der Waals surface area contributed by atoms with Crippen molar-refractivity contribution in [2.45, 2.75) is 69.8 Å². The van der Waals surface area contributed by atoms with Gasteiger partial charge in [0.25, 0.3) is 0 Å². The molecule has 3 aliphatic heterocycles. The van der Waals surface area contributed by atoms with Crippen LogP contribution in [0.4, 0.5) is 5.69 Å². The highest BCUT2D eigenvalue weighted by Gasteiger charge is 2.46. The van der Waals surface area contributed by atoms with Crippen molar-refractivity contribution in [3.05, 3.63) is 83.1 Å². The first-order chi connectivity index (χ1) is 18.2. The zero-order valence-corrected chi connectivity index (χ0v) is 21.6. The van der Waals surface area contributed by atoms with Gasteiger partial charge in [-0.2, -0.15) is 0 Å². The SMILES string of the molecule is O=C(CCC1CCC=C(CC2=C=CCc3ncccc3O2)CC1)c1ccc(N2CC3(CCCO3)C2)cc1. The number of pyridine rings is 1. The van der Waals surface area contributed by atoms with E-state index in [-0.39, 0.29) is 11.4 Å². The van der Waals surface area contributed by atoms with Crippen LogP contribution in [0.5, 0.6) is 5.75 Å². The quantitative estimate of drug-likeness (QED) is 0.246. The molecule has 37 heavy (non-hydrogen) atoms. The normalized spacial score (nSPS) is 22.3. The minimum absolute atomic E-state index is 0.0984. The highest BCUT2D eigenvalue weighted by molar-refractivity contribution is 5.96. The third-order valence-electron chi connectivity index (χ3n) is 8.39. The van der Waals surface area contributed by atoms with Crippen LogP contribution in [0.15, 0.2) is 71.8 Å². The van der Waals surface area contributed by atoms with Gasteiger partial charge in [0.05, 0.1) is 5.69 Å². The minimum atomic E-state index is 0.0984. The van der Waals surface area contributed by atoms with Crippen molar-refractivity contribution in [2.75, 3.05) is 24.6 Å². The van der Waals surface area contributed by atoms with Crippen molar-refractivity contribution in [2.24, 2.45) is 5.92 Å². The number of nitrogens with zero attached hydrogens (tertiary/aromatic N) is 2. The average molecular weight is 497 g/mol. The second kappa shape index (κ2) is 10.7. The van der Waals surface area contributed by atoms with Gasteiger partial charge in [-0.05, 0) is 93.3 Å². The van der Waals surface area contributed by atoms with E-state index >= 15 is 0 Å². The zero-order chi connectivity index (χ0) is 25.1. The maximum Gasteiger partial charge on any atom is 0.162 e. The lowest BCUT2D eigenvalue weighted by Gasteiger charge is -2.48. The Balaban J connectivity index is 0.958. The molecule has 2 saturated heterocycles. The van der Waals surface area contributed by atoms with Crippen molar-refractivity contribution in [1.82, 2.24) is 4.98 Å². The van der Waals surface area contributed by atoms with Crippen LogP contribution in [-0.2, 0) is 11.2 Å². The molecule has 0 saturated carbocycles. The Bertz CT molecular complexity index is 1220. The Hall–Kier alpha value is -3.14. The number of benzene rings is 1. The lowest BCUT2D eigenvalue weighted by atomic mass is 9.90. The number of carbonyl (C=O) groups is 1. The number of aromatic nitrogens is 1. The second-order valence-electron chi connectivity index (χ2n) is 11.0. The molecule has 1 aromatic heterocycles. The second-order valence-corrected chi connectivity index (χ2v) is 11.0. The van der Waals surface area contributed by atoms with E-state index in [0.29, 0.717) is 12.3 Å². The zero-order valence-electron chi connectivity index (χ0n) is 21.6. The van der Waals surface area contributed by atoms with Gasteiger partial charge in [-0.3, -0.25) is 9.78 Å². The molecule has 0 radical (unpaired) electrons. The van der Waals surface area contributed by atoms with E-state index in [0.717, 1.165) is 87.4 Å². The molecule has 2 fully saturated rings. The van der Waals surface area contributed by atoms with Crippen molar-refractivity contribution in [3.8, 4) is 5.75 Å². The van der Waals surface area contributed by atoms with Gasteiger partial charge < -0.3 is 14.4 Å². The van der Waals surface area contributed by atoms with E-state index in [9.17, 15) is 4.79 Å². The van der Waals surface area contributed by atoms with Crippen LogP contribution in [0.3, 0.4) is 0 Å². The number of ether oxygens (including phenoxy) is 2. The highest BCUT2D eigenvalue weighted by Crippen LogP contribution is 2.38. The molecule has 5 heteroatoms. The van der Waals surface area contributed by atoms with Gasteiger partial charge in [-0.15, -0.1) is 0 Å². The Morgan fingerprint density at radius 1 is 1.16 bits per heavy atom. The molecule has 6 rings (SSSR count). The van der Waals surface area contributed by atoms with Crippen molar-refractivity contribution >= 4 is 11.5 Å². The van der Waals surface area contributed by atoms with Gasteiger partial charge in [0.15, 0.2) is 5.78 Å². The summed E-state index contributed by atoms with van der Waals surface area (Å²) in [6.07, 6.45) is 16.1. The summed E-state index contributed by atoms with van der Waals surface area (Å²) < 4.78 is 12.1. The van der Waals surface area contributed by atoms with Gasteiger partial charge in [-0.1, -0.05) is 17.4 Å². The molecule has 0 amide bonds. The predicted octanol–water partition coefficient (Wildman–Crippen LogP) is 6.59. The summed E-state index contributed by atoms with van der Waals surface area (Å²) >= 11 is 0. The van der Waals surface area contributed by atoms with E-state index < -0.39 is 0 Å². The number of ketones is 1. The molecule has 192 valence electrons. The van der Waals surface area contributed by atoms with Crippen molar-refractivity contribution in [3.63, 3.8) is 0 Å². The summed E-state index contributed by atoms with van der Waals surface area (Å²) in [5.41, 5.74) is 7.85. The lowest BCUT2D eigenvalue weighted by molar-refractivity contribution is -0.0180. The summed E-state index contributed by atoms with van der Waals surface area (Å²) in [5, 5.41) is 0. The van der Waals surface area contributed by atoms with Crippen molar-refractivity contribution < 1.29 is 14.3 Å². The molecule has 1 spiro atoms. The van der Waals surface area contributed by atoms with Gasteiger partial charge in [0.2, 0.25) is 0 Å². The summed E-state index contributed by atoms with van der Waals surface area (Å²) in [6.45, 7) is 2.85. The Labute approximate surface area is 219 Å². The molecule has 2 aromatic rings. The van der Waals surface area contributed by atoms with Crippen LogP contribution in [0, 0.1) is 5.92 Å². The van der Waals surface area contributed by atoms with Crippen LogP contribution in [0.2, 0.25) is 0 Å². The van der Waals surface area contributed by atoms with Crippen LogP contribution in [-0.4, -0.2) is 36.1 Å². The van der Waals surface area contributed by atoms with Gasteiger partial charge in [-0.25, -0.2) is 0 Å². The third-order valence-corrected chi connectivity index (χ3v) is 8.39. The summed E-state index contributed by atoms with van der Waals surface area (Å²) in [5.74, 6) is 2.57. The monoisotopic (exact) mass is 496 g/mol. The molecule has 4 heterocycles. The van der Waals surface area contributed by atoms with E-state index in [1.807, 2.05) is 36.5 Å². The highest BCUT2D eigenvalue weighted by atomic mass is 16.5. The Morgan fingerprint density at radius 2 is 2.05 bits per heavy atom. The molecular weight excluding hydrogens is 460 g/mol. The maximum absolute atomic E-state index is 12.9. The molecule has 1 aliphatic carbocycles. The number of rotatable bonds is 7. The molecule has 1 atom stereocenters. The fourth-order valence-electron chi connectivity index (χ4n) is 6.17. The van der Waals surface area contributed by atoms with Crippen LogP contribution >= 0.6 is 0 Å². The molecule has 5 nitrogen and oxygen atoms in total. The van der Waals surface area contributed by atoms with E-state index in [4.69, 9.17) is 9.47 Å². The summed E-state index contributed by atoms with van der Waals surface area (Å²) in [7, 11) is 0. The van der Waals surface area contributed by atoms with Gasteiger partial charge in [0.1, 0.15) is 17.1 Å². The first-order valence-corrected chi connectivity index (χ1v) is 13.9. The molecule has 0 N–H and O–H groups in total. The fraction of sp³-hybridized carbons (Fsp3) is 0.469. The largest absolute Gasteiger partial charge is 0.451 e. The third kappa shape index (κ3) is 5.58. The molecular formula is C32H36N2O3. The smallest absolute Gasteiger partial charge is 0.162 e. The van der Waals surface area contributed by atoms with Crippen LogP contribution in [0.1, 0.15) is 73.8 Å². The minimum Gasteiger partial charge on any atom is -0.451 e. The average Bonchev–Trinajstić information content (AvgIpc) is 3.17. The molecule has 1 unspecified atom stereocenters. The number of anilines is 1. The van der Waals surface area contributed by atoms with Crippen LogP contribution < -0.4 is 9.64 Å². The van der Waals surface area contributed by atoms with Gasteiger partial charge >= 0.3 is 0 Å². The first-order valence-electron chi connectivity index (χ1n) is 13.9. The number of fused-ring (bicyclic) bond motifs is 1. The molecule has 1 aromatic carbocycles. The molecule has 4 aliphatic rings. The van der Waals surface area contributed by atoms with Gasteiger partial charge in [0, 0.05) is 56.4 Å². The van der Waals surface area contributed by atoms with E-state index in [1.165, 1.54) is 24.1 Å². The first kappa shape index (κ1) is 24.2.